The van der Waals surface area contributed by atoms with E-state index in [9.17, 15) is 4.79 Å². The van der Waals surface area contributed by atoms with Crippen molar-refractivity contribution in [1.29, 1.82) is 0 Å². The first kappa shape index (κ1) is 17.4. The number of carbonyl (C=O) groups is 1. The molecular weight excluding hydrogens is 404 g/mol. The van der Waals surface area contributed by atoms with Crippen LogP contribution in [0, 0.1) is 4.77 Å². The smallest absolute Gasteiger partial charge is 0.271 e. The Morgan fingerprint density at radius 2 is 2.08 bits per heavy atom. The molecule has 8 heteroatoms. The predicted octanol–water partition coefficient (Wildman–Crippen LogP) is 4.15. The van der Waals surface area contributed by atoms with Gasteiger partial charge in [0.2, 0.25) is 0 Å². The third kappa shape index (κ3) is 4.15. The van der Waals surface area contributed by atoms with E-state index in [1.807, 2.05) is 25.1 Å². The summed E-state index contributed by atoms with van der Waals surface area (Å²) in [6.07, 6.45) is 1.57. The largest absolute Gasteiger partial charge is 0.493 e. The molecule has 3 aromatic rings. The van der Waals surface area contributed by atoms with Crippen molar-refractivity contribution in [1.82, 2.24) is 15.4 Å². The first-order valence-electron chi connectivity index (χ1n) is 7.54. The summed E-state index contributed by atoms with van der Waals surface area (Å²) in [5.41, 5.74) is 5.46. The SMILES string of the molecule is CCOc1ccc(/C=N\NC(=O)c2ccc3[nH]c(=S)[nH]c3c2)cc1Br. The van der Waals surface area contributed by atoms with Gasteiger partial charge in [-0.15, -0.1) is 0 Å². The van der Waals surface area contributed by atoms with E-state index in [0.717, 1.165) is 26.8 Å². The number of imidazole rings is 1. The molecule has 0 atom stereocenters. The van der Waals surface area contributed by atoms with Crippen LogP contribution >= 0.6 is 28.1 Å². The van der Waals surface area contributed by atoms with Crippen LogP contribution in [0.1, 0.15) is 22.8 Å². The maximum atomic E-state index is 12.2. The molecule has 128 valence electrons. The molecule has 25 heavy (non-hydrogen) atoms. The van der Waals surface area contributed by atoms with Crippen LogP contribution in [0.3, 0.4) is 0 Å². The Kier molecular flexibility index (Phi) is 5.30. The molecule has 0 unspecified atom stereocenters. The van der Waals surface area contributed by atoms with Gasteiger partial charge in [0.05, 0.1) is 28.3 Å². The maximum Gasteiger partial charge on any atom is 0.271 e. The molecule has 6 nitrogen and oxygen atoms in total. The van der Waals surface area contributed by atoms with Crippen molar-refractivity contribution in [3.63, 3.8) is 0 Å². The summed E-state index contributed by atoms with van der Waals surface area (Å²) in [6.45, 7) is 2.52. The van der Waals surface area contributed by atoms with Gasteiger partial charge in [0.1, 0.15) is 5.75 Å². The molecule has 3 N–H and O–H groups in total. The lowest BCUT2D eigenvalue weighted by atomic mass is 10.2. The number of halogens is 1. The number of ether oxygens (including phenoxy) is 1. The number of nitrogens with zero attached hydrogens (tertiary/aromatic N) is 1. The minimum Gasteiger partial charge on any atom is -0.493 e. The average Bonchev–Trinajstić information content (AvgIpc) is 2.96. The van der Waals surface area contributed by atoms with E-state index in [1.165, 1.54) is 0 Å². The number of hydrogen-bond acceptors (Lipinski definition) is 4. The van der Waals surface area contributed by atoms with Gasteiger partial charge in [0, 0.05) is 5.56 Å². The lowest BCUT2D eigenvalue weighted by Gasteiger charge is -2.05. The van der Waals surface area contributed by atoms with E-state index >= 15 is 0 Å². The van der Waals surface area contributed by atoms with Crippen molar-refractivity contribution >= 4 is 51.3 Å². The number of hydrazone groups is 1. The van der Waals surface area contributed by atoms with Crippen LogP contribution in [0.15, 0.2) is 46.0 Å². The zero-order valence-electron chi connectivity index (χ0n) is 13.3. The maximum absolute atomic E-state index is 12.2. The van der Waals surface area contributed by atoms with Gasteiger partial charge in [-0.05, 0) is 77.0 Å². The highest BCUT2D eigenvalue weighted by atomic mass is 79.9. The zero-order valence-corrected chi connectivity index (χ0v) is 15.7. The number of amides is 1. The molecule has 0 aliphatic heterocycles. The van der Waals surface area contributed by atoms with Gasteiger partial charge < -0.3 is 14.7 Å². The summed E-state index contributed by atoms with van der Waals surface area (Å²) >= 11 is 8.48. The molecule has 1 amide bonds. The molecule has 0 radical (unpaired) electrons. The van der Waals surface area contributed by atoms with E-state index < -0.39 is 0 Å². The second-order valence-electron chi connectivity index (χ2n) is 5.16. The van der Waals surface area contributed by atoms with Gasteiger partial charge in [-0.1, -0.05) is 0 Å². The Bertz CT molecular complexity index is 1010. The minimum atomic E-state index is -0.302. The Labute approximate surface area is 157 Å². The third-order valence-electron chi connectivity index (χ3n) is 3.41. The first-order valence-corrected chi connectivity index (χ1v) is 8.74. The molecule has 3 rings (SSSR count). The highest BCUT2D eigenvalue weighted by Crippen LogP contribution is 2.25. The van der Waals surface area contributed by atoms with Gasteiger partial charge in [-0.3, -0.25) is 4.79 Å². The molecule has 0 fully saturated rings. The second kappa shape index (κ2) is 7.62. The predicted molar refractivity (Wildman–Crippen MR) is 104 cm³/mol. The molecule has 2 aromatic carbocycles. The topological polar surface area (TPSA) is 82.3 Å². The Hall–Kier alpha value is -2.45. The van der Waals surface area contributed by atoms with Gasteiger partial charge in [0.25, 0.3) is 5.91 Å². The van der Waals surface area contributed by atoms with Crippen molar-refractivity contribution in [3.05, 3.63) is 56.8 Å². The Balaban J connectivity index is 1.69. The monoisotopic (exact) mass is 418 g/mol. The van der Waals surface area contributed by atoms with E-state index in [-0.39, 0.29) is 5.91 Å². The number of carbonyl (C=O) groups excluding carboxylic acids is 1. The summed E-state index contributed by atoms with van der Waals surface area (Å²) in [5, 5.41) is 4.00. The van der Waals surface area contributed by atoms with Gasteiger partial charge in [-0.2, -0.15) is 5.10 Å². The molecule has 0 saturated heterocycles. The molecule has 1 aromatic heterocycles. The van der Waals surface area contributed by atoms with Crippen LogP contribution in [0.2, 0.25) is 0 Å². The highest BCUT2D eigenvalue weighted by molar-refractivity contribution is 9.10. The summed E-state index contributed by atoms with van der Waals surface area (Å²) in [4.78, 5) is 18.2. The van der Waals surface area contributed by atoms with E-state index in [0.29, 0.717) is 16.9 Å². The standard InChI is InChI=1S/C17H15BrN4O2S/c1-2-24-15-6-3-10(7-12(15)18)9-19-22-16(23)11-4-5-13-14(8-11)21-17(25)20-13/h3-9H,2H2,1H3,(H,22,23)(H2,20,21,25)/b19-9-. The number of fused-ring (bicyclic) bond motifs is 1. The van der Waals surface area contributed by atoms with Crippen LogP contribution in [0.5, 0.6) is 5.75 Å². The number of aromatic nitrogens is 2. The fourth-order valence-corrected chi connectivity index (χ4v) is 3.00. The zero-order chi connectivity index (χ0) is 17.8. The number of aromatic amines is 2. The van der Waals surface area contributed by atoms with Crippen LogP contribution < -0.4 is 10.2 Å². The lowest BCUT2D eigenvalue weighted by Crippen LogP contribution is -2.17. The Morgan fingerprint density at radius 1 is 1.28 bits per heavy atom. The molecule has 0 aliphatic rings. The molecule has 0 saturated carbocycles. The van der Waals surface area contributed by atoms with E-state index in [1.54, 1.807) is 24.4 Å². The van der Waals surface area contributed by atoms with Crippen LogP contribution in [0.25, 0.3) is 11.0 Å². The molecular formula is C17H15BrN4O2S. The minimum absolute atomic E-state index is 0.302. The summed E-state index contributed by atoms with van der Waals surface area (Å²) in [6, 6.07) is 10.8. The van der Waals surface area contributed by atoms with Crippen LogP contribution in [-0.2, 0) is 0 Å². The molecule has 0 bridgehead atoms. The van der Waals surface area contributed by atoms with E-state index in [2.05, 4.69) is 36.4 Å². The fraction of sp³-hybridized carbons (Fsp3) is 0.118. The lowest BCUT2D eigenvalue weighted by molar-refractivity contribution is 0.0955. The summed E-state index contributed by atoms with van der Waals surface area (Å²) in [5.74, 6) is 0.463. The van der Waals surface area contributed by atoms with Gasteiger partial charge in [-0.25, -0.2) is 5.43 Å². The molecule has 0 spiro atoms. The summed E-state index contributed by atoms with van der Waals surface area (Å²) in [7, 11) is 0. The highest BCUT2D eigenvalue weighted by Gasteiger charge is 2.06. The van der Waals surface area contributed by atoms with Gasteiger partial charge in [0.15, 0.2) is 4.77 Å². The number of H-pyrrole nitrogens is 2. The number of nitrogens with one attached hydrogen (secondary N) is 3. The number of hydrogen-bond donors (Lipinski definition) is 3. The molecule has 1 heterocycles. The number of rotatable bonds is 5. The normalized spacial score (nSPS) is 11.1. The summed E-state index contributed by atoms with van der Waals surface area (Å²) < 4.78 is 6.81. The fourth-order valence-electron chi connectivity index (χ4n) is 2.27. The quantitative estimate of drug-likeness (QED) is 0.330. The van der Waals surface area contributed by atoms with Crippen molar-refractivity contribution < 1.29 is 9.53 Å². The van der Waals surface area contributed by atoms with Crippen molar-refractivity contribution in [2.75, 3.05) is 6.61 Å². The van der Waals surface area contributed by atoms with Crippen molar-refractivity contribution in [2.45, 2.75) is 6.92 Å². The van der Waals surface area contributed by atoms with Crippen LogP contribution in [0.4, 0.5) is 0 Å². The molecule has 0 aliphatic carbocycles. The van der Waals surface area contributed by atoms with Crippen LogP contribution in [-0.4, -0.2) is 28.7 Å². The second-order valence-corrected chi connectivity index (χ2v) is 6.42. The van der Waals surface area contributed by atoms with Crippen molar-refractivity contribution in [2.24, 2.45) is 5.10 Å². The van der Waals surface area contributed by atoms with Gasteiger partial charge >= 0.3 is 0 Å². The average molecular weight is 419 g/mol. The van der Waals surface area contributed by atoms with Crippen molar-refractivity contribution in [3.8, 4) is 5.75 Å². The Morgan fingerprint density at radius 3 is 2.84 bits per heavy atom. The first-order chi connectivity index (χ1) is 12.1. The van der Waals surface area contributed by atoms with E-state index in [4.69, 9.17) is 17.0 Å². The third-order valence-corrected chi connectivity index (χ3v) is 4.24. The number of benzene rings is 2.